The van der Waals surface area contributed by atoms with Crippen LogP contribution in [-0.4, -0.2) is 22.6 Å². The molecular weight excluding hydrogens is 234 g/mol. The van der Waals surface area contributed by atoms with E-state index in [9.17, 15) is 4.79 Å². The van der Waals surface area contributed by atoms with Crippen molar-refractivity contribution in [3.8, 4) is 16.3 Å². The number of nitrogens with zero attached hydrogens (tertiary/aromatic N) is 1. The number of aromatic nitrogens is 1. The molecule has 0 spiro atoms. The summed E-state index contributed by atoms with van der Waals surface area (Å²) in [5.74, 6) is -0.406. The Morgan fingerprint density at radius 2 is 2.33 bits per heavy atom. The maximum absolute atomic E-state index is 10.9. The van der Waals surface area contributed by atoms with Gasteiger partial charge in [0.15, 0.2) is 0 Å². The molecule has 0 saturated heterocycles. The number of hydrogen-bond acceptors (Lipinski definition) is 5. The second-order valence-electron chi connectivity index (χ2n) is 2.74. The molecule has 0 aliphatic carbocycles. The first-order valence-electron chi connectivity index (χ1n) is 4.03. The molecule has 4 nitrogen and oxygen atoms in total. The van der Waals surface area contributed by atoms with Crippen LogP contribution < -0.4 is 4.74 Å². The molecule has 2 aromatic rings. The molecule has 1 N–H and O–H groups in total. The Morgan fingerprint density at radius 1 is 1.53 bits per heavy atom. The van der Waals surface area contributed by atoms with Gasteiger partial charge in [0, 0.05) is 22.4 Å². The van der Waals surface area contributed by atoms with Crippen LogP contribution in [0.25, 0.3) is 10.4 Å². The topological polar surface area (TPSA) is 59.4 Å². The molecule has 2 heterocycles. The van der Waals surface area contributed by atoms with E-state index in [0.29, 0.717) is 17.0 Å². The zero-order valence-electron chi connectivity index (χ0n) is 7.76. The summed E-state index contributed by atoms with van der Waals surface area (Å²) in [5.41, 5.74) is 1.01. The van der Waals surface area contributed by atoms with Crippen LogP contribution in [0.4, 0.5) is 0 Å². The Labute approximate surface area is 93.9 Å². The molecule has 0 bridgehead atoms. The number of rotatable bonds is 3. The number of ether oxygens (including phenoxy) is 1. The molecule has 78 valence electrons. The first-order valence-corrected chi connectivity index (χ1v) is 5.74. The van der Waals surface area contributed by atoms with Crippen molar-refractivity contribution < 1.29 is 14.6 Å². The molecule has 0 saturated carbocycles. The third kappa shape index (κ3) is 1.86. The van der Waals surface area contributed by atoms with Gasteiger partial charge in [0.05, 0.1) is 17.6 Å². The van der Waals surface area contributed by atoms with Gasteiger partial charge in [0.1, 0.15) is 0 Å². The number of thiophene rings is 1. The zero-order chi connectivity index (χ0) is 10.8. The molecule has 2 aromatic heterocycles. The summed E-state index contributed by atoms with van der Waals surface area (Å²) in [6.45, 7) is 0. The second kappa shape index (κ2) is 4.00. The lowest BCUT2D eigenvalue weighted by Crippen LogP contribution is -1.94. The average Bonchev–Trinajstić information content (AvgIpc) is 2.85. The van der Waals surface area contributed by atoms with Gasteiger partial charge < -0.3 is 9.84 Å². The van der Waals surface area contributed by atoms with E-state index in [1.165, 1.54) is 30.0 Å². The van der Waals surface area contributed by atoms with E-state index in [1.807, 2.05) is 0 Å². The molecule has 0 fully saturated rings. The van der Waals surface area contributed by atoms with Crippen LogP contribution in [0.2, 0.25) is 0 Å². The summed E-state index contributed by atoms with van der Waals surface area (Å²) in [6, 6.07) is 1.74. The molecule has 0 aliphatic rings. The maximum atomic E-state index is 10.9. The van der Waals surface area contributed by atoms with E-state index in [-0.39, 0.29) is 0 Å². The van der Waals surface area contributed by atoms with E-state index in [1.54, 1.807) is 16.8 Å². The van der Waals surface area contributed by atoms with Crippen molar-refractivity contribution in [2.45, 2.75) is 0 Å². The summed E-state index contributed by atoms with van der Waals surface area (Å²) in [4.78, 5) is 11.7. The minimum Gasteiger partial charge on any atom is -0.480 e. The monoisotopic (exact) mass is 241 g/mol. The zero-order valence-corrected chi connectivity index (χ0v) is 9.39. The van der Waals surface area contributed by atoms with Gasteiger partial charge in [-0.15, -0.1) is 0 Å². The summed E-state index contributed by atoms with van der Waals surface area (Å²) < 4.78 is 8.97. The van der Waals surface area contributed by atoms with Gasteiger partial charge in [-0.25, -0.2) is 4.79 Å². The Kier molecular flexibility index (Phi) is 2.70. The van der Waals surface area contributed by atoms with Crippen molar-refractivity contribution in [3.63, 3.8) is 0 Å². The van der Waals surface area contributed by atoms with Gasteiger partial charge in [-0.3, -0.25) is 0 Å². The third-order valence-corrected chi connectivity index (χ3v) is 3.40. The van der Waals surface area contributed by atoms with E-state index in [4.69, 9.17) is 9.84 Å². The first kappa shape index (κ1) is 10.1. The number of aromatic carboxylic acids is 1. The molecule has 0 radical (unpaired) electrons. The van der Waals surface area contributed by atoms with E-state index in [0.717, 1.165) is 4.88 Å². The first-order chi connectivity index (χ1) is 7.22. The predicted octanol–water partition coefficient (Wildman–Crippen LogP) is 2.58. The fraction of sp³-hybridized carbons (Fsp3) is 0.111. The number of carboxylic acids is 1. The van der Waals surface area contributed by atoms with Gasteiger partial charge in [0.2, 0.25) is 5.88 Å². The van der Waals surface area contributed by atoms with Gasteiger partial charge >= 0.3 is 5.97 Å². The van der Waals surface area contributed by atoms with Crippen LogP contribution in [-0.2, 0) is 0 Å². The molecular formula is C9H7NO3S2. The largest absolute Gasteiger partial charge is 0.480 e. The lowest BCUT2D eigenvalue weighted by atomic mass is 10.2. The molecule has 2 rings (SSSR count). The summed E-state index contributed by atoms with van der Waals surface area (Å²) in [6.07, 6.45) is 0. The minimum absolute atomic E-state index is 0.311. The van der Waals surface area contributed by atoms with Gasteiger partial charge in [-0.2, -0.15) is 15.7 Å². The average molecular weight is 241 g/mol. The maximum Gasteiger partial charge on any atom is 0.337 e. The summed E-state index contributed by atoms with van der Waals surface area (Å²) in [7, 11) is 1.53. The standard InChI is InChI=1S/C9H7NO3S2/c1-13-8-2-7(15-10-8)5-3-14-4-6(5)9(11)12/h2-4H,1H3,(H,11,12). The summed E-state index contributed by atoms with van der Waals surface area (Å²) in [5, 5.41) is 12.4. The van der Waals surface area contributed by atoms with Crippen LogP contribution in [0.15, 0.2) is 16.8 Å². The second-order valence-corrected chi connectivity index (χ2v) is 4.29. The predicted molar refractivity (Wildman–Crippen MR) is 58.9 cm³/mol. The van der Waals surface area contributed by atoms with Crippen molar-refractivity contribution in [2.75, 3.05) is 7.11 Å². The highest BCUT2D eigenvalue weighted by Crippen LogP contribution is 2.32. The molecule has 6 heteroatoms. The van der Waals surface area contributed by atoms with E-state index >= 15 is 0 Å². The number of carboxylic acid groups (broad SMARTS) is 1. The van der Waals surface area contributed by atoms with Crippen molar-refractivity contribution in [1.29, 1.82) is 0 Å². The van der Waals surface area contributed by atoms with Crippen LogP contribution in [0.5, 0.6) is 5.88 Å². The summed E-state index contributed by atoms with van der Waals surface area (Å²) >= 11 is 2.60. The van der Waals surface area contributed by atoms with Crippen LogP contribution in [0.1, 0.15) is 10.4 Å². The van der Waals surface area contributed by atoms with Crippen LogP contribution in [0.3, 0.4) is 0 Å². The SMILES string of the molecule is COc1cc(-c2cscc2C(=O)O)sn1. The fourth-order valence-corrected chi connectivity index (χ4v) is 2.77. The molecule has 15 heavy (non-hydrogen) atoms. The number of carbonyl (C=O) groups is 1. The Bertz CT molecular complexity index is 489. The highest BCUT2D eigenvalue weighted by molar-refractivity contribution is 7.11. The van der Waals surface area contributed by atoms with E-state index < -0.39 is 5.97 Å². The molecule has 0 aromatic carbocycles. The molecule has 0 unspecified atom stereocenters. The lowest BCUT2D eigenvalue weighted by Gasteiger charge is -1.93. The number of methoxy groups -OCH3 is 1. The molecule has 0 amide bonds. The highest BCUT2D eigenvalue weighted by atomic mass is 32.1. The Morgan fingerprint density at radius 3 is 2.93 bits per heavy atom. The third-order valence-electron chi connectivity index (χ3n) is 1.86. The van der Waals surface area contributed by atoms with E-state index in [2.05, 4.69) is 4.37 Å². The lowest BCUT2D eigenvalue weighted by molar-refractivity contribution is 0.0698. The van der Waals surface area contributed by atoms with Crippen LogP contribution >= 0.6 is 22.9 Å². The van der Waals surface area contributed by atoms with Gasteiger partial charge in [0.25, 0.3) is 0 Å². The molecule has 0 atom stereocenters. The van der Waals surface area contributed by atoms with Gasteiger partial charge in [-0.05, 0) is 11.5 Å². The fourth-order valence-electron chi connectivity index (χ4n) is 1.14. The molecule has 0 aliphatic heterocycles. The van der Waals surface area contributed by atoms with Crippen molar-refractivity contribution in [1.82, 2.24) is 4.37 Å². The van der Waals surface area contributed by atoms with Crippen molar-refractivity contribution >= 4 is 28.8 Å². The van der Waals surface area contributed by atoms with Crippen molar-refractivity contribution in [2.24, 2.45) is 0 Å². The quantitative estimate of drug-likeness (QED) is 0.897. The minimum atomic E-state index is -0.918. The van der Waals surface area contributed by atoms with Crippen molar-refractivity contribution in [3.05, 3.63) is 22.4 Å². The van der Waals surface area contributed by atoms with Gasteiger partial charge in [-0.1, -0.05) is 0 Å². The Hall–Kier alpha value is -1.40. The number of hydrogen-bond donors (Lipinski definition) is 1. The Balaban J connectivity index is 2.44. The normalized spacial score (nSPS) is 10.2. The highest BCUT2D eigenvalue weighted by Gasteiger charge is 2.15. The van der Waals surface area contributed by atoms with Crippen LogP contribution in [0, 0.1) is 0 Å². The smallest absolute Gasteiger partial charge is 0.337 e.